The summed E-state index contributed by atoms with van der Waals surface area (Å²) in [6.45, 7) is 4.04. The molecule has 120 valence electrons. The van der Waals surface area contributed by atoms with Gasteiger partial charge >= 0.3 is 0 Å². The van der Waals surface area contributed by atoms with Crippen molar-refractivity contribution in [3.63, 3.8) is 0 Å². The van der Waals surface area contributed by atoms with Gasteiger partial charge in [-0.1, -0.05) is 0 Å². The van der Waals surface area contributed by atoms with Gasteiger partial charge in [0.2, 0.25) is 0 Å². The molecular weight excluding hydrogens is 300 g/mol. The van der Waals surface area contributed by atoms with Crippen molar-refractivity contribution in [3.05, 3.63) is 44.5 Å². The average Bonchev–Trinajstić information content (AvgIpc) is 2.49. The Balaban J connectivity index is 2.54. The lowest BCUT2D eigenvalue weighted by Gasteiger charge is -2.49. The van der Waals surface area contributed by atoms with Crippen LogP contribution in [0.15, 0.2) is 24.3 Å². The summed E-state index contributed by atoms with van der Waals surface area (Å²) in [7, 11) is 3.75. The summed E-state index contributed by atoms with van der Waals surface area (Å²) < 4.78 is 0. The molecule has 1 aliphatic heterocycles. The van der Waals surface area contributed by atoms with Crippen molar-refractivity contribution in [2.75, 3.05) is 23.9 Å². The van der Waals surface area contributed by atoms with Crippen molar-refractivity contribution in [1.82, 2.24) is 0 Å². The maximum Gasteiger partial charge on any atom is 0.284 e. The Morgan fingerprint density at radius 3 is 1.57 bits per heavy atom. The fraction of sp³-hybridized carbons (Fsp3) is 0.333. The number of nitro benzene ring substituents is 2. The molecule has 0 saturated heterocycles. The van der Waals surface area contributed by atoms with Gasteiger partial charge in [-0.2, -0.15) is 0 Å². The molecule has 0 spiro atoms. The van der Waals surface area contributed by atoms with Gasteiger partial charge < -0.3 is 9.80 Å². The Morgan fingerprint density at radius 2 is 1.22 bits per heavy atom. The topological polar surface area (TPSA) is 92.8 Å². The van der Waals surface area contributed by atoms with Crippen LogP contribution < -0.4 is 9.80 Å². The molecule has 0 amide bonds. The van der Waals surface area contributed by atoms with Crippen LogP contribution in [0.5, 0.6) is 0 Å². The quantitative estimate of drug-likeness (QED) is 0.623. The van der Waals surface area contributed by atoms with E-state index in [2.05, 4.69) is 0 Å². The summed E-state index contributed by atoms with van der Waals surface area (Å²) in [6, 6.07) is 5.99. The van der Waals surface area contributed by atoms with E-state index in [1.165, 1.54) is 12.1 Å². The minimum Gasteiger partial charge on any atom is -0.352 e. The molecule has 0 radical (unpaired) electrons. The van der Waals surface area contributed by atoms with E-state index >= 15 is 0 Å². The zero-order valence-corrected chi connectivity index (χ0v) is 13.2. The van der Waals surface area contributed by atoms with Crippen LogP contribution in [0.2, 0.25) is 0 Å². The molecule has 1 heterocycles. The van der Waals surface area contributed by atoms with E-state index in [0.717, 1.165) is 11.4 Å². The van der Waals surface area contributed by atoms with E-state index in [1.807, 2.05) is 37.7 Å². The van der Waals surface area contributed by atoms with E-state index in [1.54, 1.807) is 12.1 Å². The van der Waals surface area contributed by atoms with Crippen molar-refractivity contribution in [1.29, 1.82) is 0 Å². The first kappa shape index (κ1) is 15.0. The molecule has 0 N–H and O–H groups in total. The first-order valence-electron chi connectivity index (χ1n) is 7.04. The Labute approximate surface area is 132 Å². The number of hydrogen-bond acceptors (Lipinski definition) is 6. The Morgan fingerprint density at radius 1 is 0.826 bits per heavy atom. The van der Waals surface area contributed by atoms with Gasteiger partial charge in [-0.15, -0.1) is 0 Å². The number of nitro groups is 2. The molecule has 0 unspecified atom stereocenters. The van der Waals surface area contributed by atoms with Gasteiger partial charge in [0.15, 0.2) is 0 Å². The number of non-ortho nitro benzene ring substituents is 2. The van der Waals surface area contributed by atoms with E-state index in [-0.39, 0.29) is 22.4 Å². The van der Waals surface area contributed by atoms with E-state index < -0.39 is 9.85 Å². The minimum atomic E-state index is -0.574. The van der Waals surface area contributed by atoms with Crippen LogP contribution in [0, 0.1) is 20.2 Å². The maximum absolute atomic E-state index is 11.4. The predicted molar refractivity (Wildman–Crippen MR) is 88.1 cm³/mol. The second-order valence-electron chi connectivity index (χ2n) is 6.08. The third kappa shape index (κ3) is 1.84. The van der Waals surface area contributed by atoms with Crippen LogP contribution in [-0.4, -0.2) is 29.6 Å². The van der Waals surface area contributed by atoms with Crippen molar-refractivity contribution in [2.45, 2.75) is 19.5 Å². The highest BCUT2D eigenvalue weighted by Gasteiger charge is 2.39. The SMILES string of the molecule is CN1c2ccc([N+](=O)[O-])c3c([N+](=O)[O-])ccc(c23)N(C)C1(C)C. The largest absolute Gasteiger partial charge is 0.352 e. The third-order valence-corrected chi connectivity index (χ3v) is 4.83. The van der Waals surface area contributed by atoms with Gasteiger partial charge in [-0.05, 0) is 26.0 Å². The van der Waals surface area contributed by atoms with Crippen LogP contribution in [0.1, 0.15) is 13.8 Å². The molecule has 0 atom stereocenters. The lowest BCUT2D eigenvalue weighted by Crippen LogP contribution is -2.56. The van der Waals surface area contributed by atoms with Crippen molar-refractivity contribution in [2.24, 2.45) is 0 Å². The molecule has 1 aliphatic rings. The van der Waals surface area contributed by atoms with Crippen molar-refractivity contribution < 1.29 is 9.85 Å². The Kier molecular flexibility index (Phi) is 2.97. The molecule has 2 aromatic carbocycles. The number of anilines is 2. The first-order chi connectivity index (χ1) is 10.7. The smallest absolute Gasteiger partial charge is 0.284 e. The molecule has 23 heavy (non-hydrogen) atoms. The number of nitrogens with zero attached hydrogens (tertiary/aromatic N) is 4. The molecule has 8 nitrogen and oxygen atoms in total. The third-order valence-electron chi connectivity index (χ3n) is 4.83. The van der Waals surface area contributed by atoms with Gasteiger partial charge in [0.05, 0.1) is 9.85 Å². The predicted octanol–water partition coefficient (Wildman–Crippen LogP) is 3.28. The molecule has 8 heteroatoms. The van der Waals surface area contributed by atoms with Gasteiger partial charge in [0, 0.05) is 43.0 Å². The highest BCUT2D eigenvalue weighted by atomic mass is 16.6. The molecule has 0 bridgehead atoms. The van der Waals surface area contributed by atoms with Crippen LogP contribution in [0.3, 0.4) is 0 Å². The number of hydrogen-bond donors (Lipinski definition) is 0. The maximum atomic E-state index is 11.4. The number of rotatable bonds is 2. The summed E-state index contributed by atoms with van der Waals surface area (Å²) >= 11 is 0. The highest BCUT2D eigenvalue weighted by Crippen LogP contribution is 2.49. The molecule has 2 aromatic rings. The molecule has 0 aliphatic carbocycles. The van der Waals surface area contributed by atoms with Crippen LogP contribution in [-0.2, 0) is 0 Å². The van der Waals surface area contributed by atoms with E-state index in [4.69, 9.17) is 0 Å². The molecular formula is C15H16N4O4. The van der Waals surface area contributed by atoms with Crippen LogP contribution in [0.25, 0.3) is 10.8 Å². The molecule has 0 fully saturated rings. The van der Waals surface area contributed by atoms with E-state index in [9.17, 15) is 20.2 Å². The van der Waals surface area contributed by atoms with E-state index in [0.29, 0.717) is 5.39 Å². The van der Waals surface area contributed by atoms with Gasteiger partial charge in [0.1, 0.15) is 11.0 Å². The Hall–Kier alpha value is -2.90. The van der Waals surface area contributed by atoms with Gasteiger partial charge in [-0.25, -0.2) is 0 Å². The molecule has 0 saturated carbocycles. The zero-order valence-electron chi connectivity index (χ0n) is 13.2. The van der Waals surface area contributed by atoms with Gasteiger partial charge in [0.25, 0.3) is 11.4 Å². The highest BCUT2D eigenvalue weighted by molar-refractivity contribution is 6.13. The Bertz CT molecular complexity index is 797. The average molecular weight is 316 g/mol. The molecule has 3 rings (SSSR count). The number of benzene rings is 2. The normalized spacial score (nSPS) is 15.8. The fourth-order valence-corrected chi connectivity index (χ4v) is 3.10. The molecule has 0 aromatic heterocycles. The van der Waals surface area contributed by atoms with Crippen molar-refractivity contribution in [3.8, 4) is 0 Å². The zero-order chi connectivity index (χ0) is 17.1. The summed E-state index contributed by atoms with van der Waals surface area (Å²) in [5, 5.41) is 23.3. The second-order valence-corrected chi connectivity index (χ2v) is 6.08. The standard InChI is InChI=1S/C15H16N4O4/c1-15(2)16(3)9-5-7-11(18(20)21)14-12(19(22)23)8-6-10(13(9)14)17(15)4/h5-8H,1-4H3. The summed E-state index contributed by atoms with van der Waals surface area (Å²) in [6.07, 6.45) is 0. The van der Waals surface area contributed by atoms with Gasteiger partial charge in [-0.3, -0.25) is 20.2 Å². The lowest BCUT2D eigenvalue weighted by atomic mass is 9.95. The summed E-state index contributed by atoms with van der Waals surface area (Å²) in [5.41, 5.74) is 0.615. The monoisotopic (exact) mass is 316 g/mol. The summed E-state index contributed by atoms with van der Waals surface area (Å²) in [5.74, 6) is 0. The lowest BCUT2D eigenvalue weighted by molar-refractivity contribution is -0.390. The minimum absolute atomic E-state index is 0.0733. The van der Waals surface area contributed by atoms with Crippen LogP contribution >= 0.6 is 0 Å². The first-order valence-corrected chi connectivity index (χ1v) is 7.04. The second kappa shape index (κ2) is 4.55. The van der Waals surface area contributed by atoms with Crippen molar-refractivity contribution >= 4 is 33.5 Å². The fourth-order valence-electron chi connectivity index (χ4n) is 3.10. The van der Waals surface area contributed by atoms with Crippen LogP contribution in [0.4, 0.5) is 22.7 Å². The summed E-state index contributed by atoms with van der Waals surface area (Å²) in [4.78, 5) is 25.5.